The van der Waals surface area contributed by atoms with Crippen LogP contribution in [0.2, 0.25) is 0 Å². The van der Waals surface area contributed by atoms with Crippen molar-refractivity contribution in [3.8, 4) is 0 Å². The van der Waals surface area contributed by atoms with E-state index in [0.717, 1.165) is 51.9 Å². The molecule has 1 saturated carbocycles. The fourth-order valence-electron chi connectivity index (χ4n) is 3.68. The lowest BCUT2D eigenvalue weighted by molar-refractivity contribution is -0.138. The Morgan fingerprint density at radius 3 is 2.28 bits per heavy atom. The number of halogens is 3. The van der Waals surface area contributed by atoms with E-state index in [0.29, 0.717) is 6.04 Å². The van der Waals surface area contributed by atoms with Gasteiger partial charge in [-0.3, -0.25) is 14.7 Å². The summed E-state index contributed by atoms with van der Waals surface area (Å²) in [5.74, 6) is 0.165. The van der Waals surface area contributed by atoms with Crippen LogP contribution in [0.4, 0.5) is 0 Å². The summed E-state index contributed by atoms with van der Waals surface area (Å²) in [6.45, 7) is 5.57. The second kappa shape index (κ2) is 10.5. The largest absolute Gasteiger partial charge is 0.339 e. The third kappa shape index (κ3) is 5.44. The third-order valence-corrected chi connectivity index (χ3v) is 5.24. The lowest BCUT2D eigenvalue weighted by Crippen LogP contribution is -2.58. The van der Waals surface area contributed by atoms with E-state index in [4.69, 9.17) is 5.73 Å². The lowest BCUT2D eigenvalue weighted by atomic mass is 9.96. The molecule has 5 nitrogen and oxygen atoms in total. The van der Waals surface area contributed by atoms with E-state index in [1.165, 1.54) is 5.56 Å². The normalized spacial score (nSPS) is 20.6. The molecular weight excluding hydrogens is 383 g/mol. The molecule has 1 atom stereocenters. The summed E-state index contributed by atoms with van der Waals surface area (Å²) in [6, 6.07) is 4.43. The maximum atomic E-state index is 12.6. The third-order valence-electron chi connectivity index (χ3n) is 5.24. The number of carbonyl (C=O) groups excluding carboxylic acids is 1. The smallest absolute Gasteiger partial charge is 0.242 e. The minimum Gasteiger partial charge on any atom is -0.339 e. The van der Waals surface area contributed by atoms with Gasteiger partial charge in [-0.05, 0) is 31.4 Å². The van der Waals surface area contributed by atoms with Crippen molar-refractivity contribution >= 4 is 43.1 Å². The number of amides is 1. The average Bonchev–Trinajstić information content (AvgIpc) is 3.02. The Morgan fingerprint density at radius 1 is 1.16 bits per heavy atom. The topological polar surface area (TPSA) is 62.5 Å². The van der Waals surface area contributed by atoms with Crippen LogP contribution in [0.5, 0.6) is 0 Å². The van der Waals surface area contributed by atoms with Gasteiger partial charge in [0.25, 0.3) is 0 Å². The molecule has 0 bridgehead atoms. The van der Waals surface area contributed by atoms with E-state index in [-0.39, 0.29) is 43.1 Å². The molecule has 0 aromatic carbocycles. The molecule has 1 amide bonds. The molecule has 1 aromatic heterocycles. The number of hydrogen-bond acceptors (Lipinski definition) is 4. The summed E-state index contributed by atoms with van der Waals surface area (Å²) < 4.78 is 0. The first kappa shape index (κ1) is 24.4. The molecule has 3 rings (SSSR count). The minimum absolute atomic E-state index is 0. The summed E-state index contributed by atoms with van der Waals surface area (Å²) in [6.07, 6.45) is 7.58. The van der Waals surface area contributed by atoms with Gasteiger partial charge in [0.05, 0.1) is 5.54 Å². The van der Waals surface area contributed by atoms with E-state index in [9.17, 15) is 4.79 Å². The summed E-state index contributed by atoms with van der Waals surface area (Å²) in [5.41, 5.74) is 6.95. The molecule has 1 saturated heterocycles. The van der Waals surface area contributed by atoms with Crippen LogP contribution in [0.1, 0.15) is 44.2 Å². The van der Waals surface area contributed by atoms with Crippen molar-refractivity contribution in [1.29, 1.82) is 0 Å². The van der Waals surface area contributed by atoms with E-state index in [2.05, 4.69) is 22.9 Å². The number of nitrogens with two attached hydrogens (primary N) is 1. The number of aromatic nitrogens is 1. The molecule has 1 aliphatic carbocycles. The van der Waals surface area contributed by atoms with Gasteiger partial charge in [-0.1, -0.05) is 18.9 Å². The Labute approximate surface area is 168 Å². The van der Waals surface area contributed by atoms with E-state index in [1.807, 2.05) is 17.2 Å². The van der Waals surface area contributed by atoms with Gasteiger partial charge in [-0.2, -0.15) is 0 Å². The van der Waals surface area contributed by atoms with E-state index < -0.39 is 5.54 Å². The molecule has 2 aliphatic rings. The number of pyridine rings is 1. The highest BCUT2D eigenvalue weighted by molar-refractivity contribution is 5.86. The summed E-state index contributed by atoms with van der Waals surface area (Å²) >= 11 is 0. The Balaban J connectivity index is 0.00000192. The SMILES string of the molecule is CC(c1cccnc1)N1CCN(C(=O)C2(N)CCCC2)CC1.Cl.Cl.Cl. The predicted molar refractivity (Wildman–Crippen MR) is 108 cm³/mol. The van der Waals surface area contributed by atoms with Gasteiger partial charge in [-0.25, -0.2) is 0 Å². The molecule has 25 heavy (non-hydrogen) atoms. The zero-order valence-corrected chi connectivity index (χ0v) is 17.0. The highest BCUT2D eigenvalue weighted by Gasteiger charge is 2.40. The van der Waals surface area contributed by atoms with Crippen LogP contribution in [0.25, 0.3) is 0 Å². The number of nitrogens with zero attached hydrogens (tertiary/aromatic N) is 3. The second-order valence-electron chi connectivity index (χ2n) is 6.65. The standard InChI is InChI=1S/C17H26N4O.3ClH/c1-14(15-5-4-8-19-13-15)20-9-11-21(12-10-20)16(22)17(18)6-2-3-7-17;;;/h4-5,8,13-14H,2-3,6-7,9-12,18H2,1H3;3*1H. The maximum absolute atomic E-state index is 12.6. The summed E-state index contributed by atoms with van der Waals surface area (Å²) in [4.78, 5) is 21.2. The van der Waals surface area contributed by atoms with E-state index >= 15 is 0 Å². The van der Waals surface area contributed by atoms with Crippen LogP contribution in [0.3, 0.4) is 0 Å². The van der Waals surface area contributed by atoms with Gasteiger partial charge in [-0.15, -0.1) is 37.2 Å². The van der Waals surface area contributed by atoms with Gasteiger partial charge in [0.15, 0.2) is 0 Å². The van der Waals surface area contributed by atoms with Crippen molar-refractivity contribution in [2.45, 2.75) is 44.2 Å². The molecule has 1 unspecified atom stereocenters. The van der Waals surface area contributed by atoms with Gasteiger partial charge in [0.2, 0.25) is 5.91 Å². The first-order chi connectivity index (χ1) is 10.6. The monoisotopic (exact) mass is 410 g/mol. The van der Waals surface area contributed by atoms with Crippen molar-refractivity contribution in [2.75, 3.05) is 26.2 Å². The second-order valence-corrected chi connectivity index (χ2v) is 6.65. The molecule has 0 radical (unpaired) electrons. The maximum Gasteiger partial charge on any atom is 0.242 e. The molecule has 1 aromatic rings. The fraction of sp³-hybridized carbons (Fsp3) is 0.647. The number of hydrogen-bond donors (Lipinski definition) is 1. The highest BCUT2D eigenvalue weighted by atomic mass is 35.5. The van der Waals surface area contributed by atoms with Gasteiger partial charge >= 0.3 is 0 Å². The average molecular weight is 412 g/mol. The summed E-state index contributed by atoms with van der Waals surface area (Å²) in [7, 11) is 0. The number of carbonyl (C=O) groups is 1. The van der Waals surface area contributed by atoms with E-state index in [1.54, 1.807) is 6.20 Å². The van der Waals surface area contributed by atoms with Crippen LogP contribution >= 0.6 is 37.2 Å². The minimum atomic E-state index is -0.586. The Hall–Kier alpha value is -0.590. The molecular formula is C17H29Cl3N4O. The Kier molecular flexibility index (Phi) is 10.3. The zero-order chi connectivity index (χ0) is 15.6. The molecule has 2 fully saturated rings. The van der Waals surface area contributed by atoms with Crippen LogP contribution < -0.4 is 5.73 Å². The summed E-state index contributed by atoms with van der Waals surface area (Å²) in [5, 5.41) is 0. The van der Waals surface area contributed by atoms with Crippen LogP contribution in [0.15, 0.2) is 24.5 Å². The van der Waals surface area contributed by atoms with Crippen LogP contribution in [-0.2, 0) is 4.79 Å². The van der Waals surface area contributed by atoms with Crippen LogP contribution in [0, 0.1) is 0 Å². The van der Waals surface area contributed by atoms with Crippen molar-refractivity contribution in [2.24, 2.45) is 5.73 Å². The quantitative estimate of drug-likeness (QED) is 0.830. The molecule has 8 heteroatoms. The van der Waals surface area contributed by atoms with Crippen molar-refractivity contribution in [3.63, 3.8) is 0 Å². The van der Waals surface area contributed by atoms with Gasteiger partial charge in [0, 0.05) is 44.6 Å². The number of piperazine rings is 1. The molecule has 144 valence electrons. The van der Waals surface area contributed by atoms with Crippen molar-refractivity contribution in [3.05, 3.63) is 30.1 Å². The highest BCUT2D eigenvalue weighted by Crippen LogP contribution is 2.30. The molecule has 1 aliphatic heterocycles. The Bertz CT molecular complexity index is 518. The van der Waals surface area contributed by atoms with Crippen molar-refractivity contribution < 1.29 is 4.79 Å². The zero-order valence-electron chi connectivity index (χ0n) is 14.6. The van der Waals surface area contributed by atoms with Gasteiger partial charge < -0.3 is 10.6 Å². The van der Waals surface area contributed by atoms with Gasteiger partial charge in [0.1, 0.15) is 0 Å². The van der Waals surface area contributed by atoms with Crippen LogP contribution in [-0.4, -0.2) is 52.4 Å². The molecule has 2 heterocycles. The number of rotatable bonds is 3. The first-order valence-corrected chi connectivity index (χ1v) is 8.32. The molecule has 0 spiro atoms. The molecule has 2 N–H and O–H groups in total. The Morgan fingerprint density at radius 2 is 1.76 bits per heavy atom. The first-order valence-electron chi connectivity index (χ1n) is 8.32. The predicted octanol–water partition coefficient (Wildman–Crippen LogP) is 2.82. The van der Waals surface area contributed by atoms with Crippen molar-refractivity contribution in [1.82, 2.24) is 14.8 Å². The lowest BCUT2D eigenvalue weighted by Gasteiger charge is -2.40. The fourth-order valence-corrected chi connectivity index (χ4v) is 3.68.